The lowest BCUT2D eigenvalue weighted by Gasteiger charge is -2.25. The zero-order valence-corrected chi connectivity index (χ0v) is 11.8. The van der Waals surface area contributed by atoms with E-state index in [2.05, 4.69) is 19.2 Å². The van der Waals surface area contributed by atoms with E-state index in [9.17, 15) is 9.50 Å². The van der Waals surface area contributed by atoms with Crippen LogP contribution in [0.2, 0.25) is 0 Å². The van der Waals surface area contributed by atoms with Crippen molar-refractivity contribution >= 4 is 0 Å². The summed E-state index contributed by atoms with van der Waals surface area (Å²) in [6.07, 6.45) is 0.616. The number of hydrogen-bond donors (Lipinski definition) is 2. The van der Waals surface area contributed by atoms with E-state index in [4.69, 9.17) is 0 Å². The smallest absolute Gasteiger partial charge is 0.126 e. The van der Waals surface area contributed by atoms with Crippen molar-refractivity contribution in [2.45, 2.75) is 39.7 Å². The third-order valence-electron chi connectivity index (χ3n) is 3.12. The van der Waals surface area contributed by atoms with E-state index in [0.717, 1.165) is 18.7 Å². The van der Waals surface area contributed by atoms with Crippen LogP contribution in [0.3, 0.4) is 0 Å². The fourth-order valence-electron chi connectivity index (χ4n) is 1.85. The number of hydrogen-bond acceptors (Lipinski definition) is 2. The van der Waals surface area contributed by atoms with Gasteiger partial charge in [-0.15, -0.1) is 0 Å². The minimum Gasteiger partial charge on any atom is -0.385 e. The predicted molar refractivity (Wildman–Crippen MR) is 73.0 cm³/mol. The molecule has 0 fully saturated rings. The molecule has 1 aromatic carbocycles. The summed E-state index contributed by atoms with van der Waals surface area (Å²) in [5.74, 6) is 0.371. The second-order valence-electron chi connectivity index (χ2n) is 5.59. The Morgan fingerprint density at radius 2 is 2.06 bits per heavy atom. The Morgan fingerprint density at radius 1 is 1.39 bits per heavy atom. The van der Waals surface area contributed by atoms with Gasteiger partial charge in [0.15, 0.2) is 0 Å². The highest BCUT2D eigenvalue weighted by atomic mass is 19.1. The van der Waals surface area contributed by atoms with E-state index in [-0.39, 0.29) is 5.82 Å². The monoisotopic (exact) mass is 253 g/mol. The molecule has 0 spiro atoms. The Balaban J connectivity index is 2.59. The number of benzene rings is 1. The van der Waals surface area contributed by atoms with Crippen LogP contribution in [-0.2, 0) is 5.60 Å². The minimum absolute atomic E-state index is 0.229. The molecule has 2 N–H and O–H groups in total. The first-order valence-corrected chi connectivity index (χ1v) is 6.52. The molecule has 3 heteroatoms. The summed E-state index contributed by atoms with van der Waals surface area (Å²) in [7, 11) is 0. The molecule has 1 atom stereocenters. The van der Waals surface area contributed by atoms with Gasteiger partial charge in [0.1, 0.15) is 5.82 Å². The van der Waals surface area contributed by atoms with Gasteiger partial charge in [0.25, 0.3) is 0 Å². The zero-order chi connectivity index (χ0) is 13.8. The van der Waals surface area contributed by atoms with Crippen LogP contribution in [0.15, 0.2) is 18.2 Å². The summed E-state index contributed by atoms with van der Waals surface area (Å²) in [6.45, 7) is 9.48. The third-order valence-corrected chi connectivity index (χ3v) is 3.12. The van der Waals surface area contributed by atoms with E-state index in [1.165, 1.54) is 6.07 Å². The van der Waals surface area contributed by atoms with Gasteiger partial charge in [0, 0.05) is 0 Å². The number of nitrogens with one attached hydrogen (secondary N) is 1. The molecule has 0 aromatic heterocycles. The molecule has 2 nitrogen and oxygen atoms in total. The first kappa shape index (κ1) is 15.1. The quantitative estimate of drug-likeness (QED) is 0.764. The van der Waals surface area contributed by atoms with Crippen molar-refractivity contribution in [2.24, 2.45) is 5.92 Å². The van der Waals surface area contributed by atoms with Crippen LogP contribution < -0.4 is 5.32 Å². The largest absolute Gasteiger partial charge is 0.385 e. The van der Waals surface area contributed by atoms with Crippen molar-refractivity contribution in [2.75, 3.05) is 13.1 Å². The standard InChI is InChI=1S/C15H24FNO/c1-11(2)10-17-8-7-15(4,18)13-5-6-14(16)12(3)9-13/h5-6,9,11,17-18H,7-8,10H2,1-4H3. The van der Waals surface area contributed by atoms with Crippen LogP contribution in [-0.4, -0.2) is 18.2 Å². The predicted octanol–water partition coefficient (Wildman–Crippen LogP) is 2.98. The van der Waals surface area contributed by atoms with Crippen LogP contribution in [0.4, 0.5) is 4.39 Å². The summed E-state index contributed by atoms with van der Waals surface area (Å²) >= 11 is 0. The van der Waals surface area contributed by atoms with Crippen molar-refractivity contribution in [3.05, 3.63) is 35.1 Å². The van der Waals surface area contributed by atoms with E-state index >= 15 is 0 Å². The molecule has 102 valence electrons. The van der Waals surface area contributed by atoms with Gasteiger partial charge in [-0.3, -0.25) is 0 Å². The highest BCUT2D eigenvalue weighted by Gasteiger charge is 2.23. The van der Waals surface area contributed by atoms with E-state index < -0.39 is 5.60 Å². The van der Waals surface area contributed by atoms with Crippen molar-refractivity contribution in [3.63, 3.8) is 0 Å². The minimum atomic E-state index is -0.914. The summed E-state index contributed by atoms with van der Waals surface area (Å²) in [5.41, 5.74) is 0.429. The van der Waals surface area contributed by atoms with Gasteiger partial charge in [-0.25, -0.2) is 4.39 Å². The van der Waals surface area contributed by atoms with Crippen LogP contribution in [0, 0.1) is 18.7 Å². The summed E-state index contributed by atoms with van der Waals surface area (Å²) < 4.78 is 13.2. The van der Waals surface area contributed by atoms with Crippen LogP contribution >= 0.6 is 0 Å². The van der Waals surface area contributed by atoms with E-state index in [0.29, 0.717) is 17.9 Å². The lowest BCUT2D eigenvalue weighted by molar-refractivity contribution is 0.0477. The van der Waals surface area contributed by atoms with Crippen molar-refractivity contribution < 1.29 is 9.50 Å². The van der Waals surface area contributed by atoms with Crippen molar-refractivity contribution in [1.29, 1.82) is 0 Å². The normalized spacial score (nSPS) is 14.8. The highest BCUT2D eigenvalue weighted by molar-refractivity contribution is 5.28. The molecule has 0 saturated carbocycles. The Morgan fingerprint density at radius 3 is 2.61 bits per heavy atom. The number of halogens is 1. The van der Waals surface area contributed by atoms with Gasteiger partial charge in [0.2, 0.25) is 0 Å². The van der Waals surface area contributed by atoms with Crippen LogP contribution in [0.25, 0.3) is 0 Å². The van der Waals surface area contributed by atoms with Crippen LogP contribution in [0.5, 0.6) is 0 Å². The summed E-state index contributed by atoms with van der Waals surface area (Å²) in [4.78, 5) is 0. The first-order chi connectivity index (χ1) is 8.33. The average molecular weight is 253 g/mol. The van der Waals surface area contributed by atoms with Gasteiger partial charge < -0.3 is 10.4 Å². The summed E-state index contributed by atoms with van der Waals surface area (Å²) in [6, 6.07) is 4.79. The Hall–Kier alpha value is -0.930. The SMILES string of the molecule is Cc1cc(C(C)(O)CCNCC(C)C)ccc1F. The van der Waals surface area contributed by atoms with Gasteiger partial charge >= 0.3 is 0 Å². The van der Waals surface area contributed by atoms with Crippen LogP contribution in [0.1, 0.15) is 38.3 Å². The number of rotatable bonds is 6. The van der Waals surface area contributed by atoms with E-state index in [1.807, 2.05) is 0 Å². The first-order valence-electron chi connectivity index (χ1n) is 6.52. The fraction of sp³-hybridized carbons (Fsp3) is 0.600. The number of aryl methyl sites for hydroxylation is 1. The molecule has 1 rings (SSSR count). The van der Waals surface area contributed by atoms with Gasteiger partial charge in [0.05, 0.1) is 5.60 Å². The Labute approximate surface area is 109 Å². The molecule has 0 amide bonds. The molecular formula is C15H24FNO. The average Bonchev–Trinajstić information content (AvgIpc) is 2.28. The Bertz CT molecular complexity index is 388. The molecular weight excluding hydrogens is 229 g/mol. The lowest BCUT2D eigenvalue weighted by atomic mass is 9.91. The molecule has 0 aliphatic rings. The molecule has 1 aromatic rings. The second kappa shape index (κ2) is 6.30. The third kappa shape index (κ3) is 4.39. The molecule has 0 aliphatic heterocycles. The molecule has 0 saturated heterocycles. The molecule has 1 unspecified atom stereocenters. The molecule has 0 bridgehead atoms. The topological polar surface area (TPSA) is 32.3 Å². The fourth-order valence-corrected chi connectivity index (χ4v) is 1.85. The van der Waals surface area contributed by atoms with Crippen molar-refractivity contribution in [3.8, 4) is 0 Å². The lowest BCUT2D eigenvalue weighted by Crippen LogP contribution is -2.29. The van der Waals surface area contributed by atoms with Gasteiger partial charge in [-0.05, 0) is 56.5 Å². The molecule has 0 aliphatic carbocycles. The van der Waals surface area contributed by atoms with Crippen molar-refractivity contribution in [1.82, 2.24) is 5.32 Å². The zero-order valence-electron chi connectivity index (χ0n) is 11.8. The molecule has 18 heavy (non-hydrogen) atoms. The van der Waals surface area contributed by atoms with Gasteiger partial charge in [-0.1, -0.05) is 26.0 Å². The Kier molecular flexibility index (Phi) is 5.29. The maximum Gasteiger partial charge on any atom is 0.126 e. The maximum absolute atomic E-state index is 13.2. The molecule has 0 heterocycles. The summed E-state index contributed by atoms with van der Waals surface area (Å²) in [5, 5.41) is 13.7. The number of aliphatic hydroxyl groups is 1. The maximum atomic E-state index is 13.2. The highest BCUT2D eigenvalue weighted by Crippen LogP contribution is 2.25. The second-order valence-corrected chi connectivity index (χ2v) is 5.59. The van der Waals surface area contributed by atoms with Gasteiger partial charge in [-0.2, -0.15) is 0 Å². The van der Waals surface area contributed by atoms with E-state index in [1.54, 1.807) is 26.0 Å². The molecule has 0 radical (unpaired) electrons.